The first kappa shape index (κ1) is 15.9. The average Bonchev–Trinajstić information content (AvgIpc) is 2.85. The maximum atomic E-state index is 6.03. The smallest absolute Gasteiger partial charge is 0.0843 e. The molecule has 1 fully saturated rings. The van der Waals surface area contributed by atoms with Crippen molar-refractivity contribution in [1.82, 2.24) is 9.80 Å². The van der Waals surface area contributed by atoms with E-state index in [9.17, 15) is 0 Å². The fourth-order valence-electron chi connectivity index (χ4n) is 2.89. The van der Waals surface area contributed by atoms with Gasteiger partial charge in [0.1, 0.15) is 0 Å². The standard InChI is InChI=1S/C13H21Br2N3S/c1-8-6-18(7-11(8)17(2)3)10(5-16)12-4-9(14)13(15)19-12/h4,8,10-11H,5-7,16H2,1-3H3. The fourth-order valence-corrected chi connectivity index (χ4v) is 5.12. The Balaban J connectivity index is 2.15. The third-order valence-corrected chi connectivity index (χ3v) is 7.28. The Kier molecular flexibility index (Phi) is 5.48. The van der Waals surface area contributed by atoms with Crippen molar-refractivity contribution in [2.45, 2.75) is 19.0 Å². The number of hydrogen-bond donors (Lipinski definition) is 1. The van der Waals surface area contributed by atoms with E-state index in [4.69, 9.17) is 5.73 Å². The third kappa shape index (κ3) is 3.41. The molecule has 19 heavy (non-hydrogen) atoms. The van der Waals surface area contributed by atoms with Gasteiger partial charge in [-0.25, -0.2) is 0 Å². The maximum absolute atomic E-state index is 6.03. The molecule has 2 heterocycles. The van der Waals surface area contributed by atoms with Crippen LogP contribution in [0.2, 0.25) is 0 Å². The molecule has 1 saturated heterocycles. The van der Waals surface area contributed by atoms with Crippen LogP contribution in [0.4, 0.5) is 0 Å². The Morgan fingerprint density at radius 1 is 1.47 bits per heavy atom. The molecule has 0 radical (unpaired) electrons. The zero-order valence-electron chi connectivity index (χ0n) is 11.6. The zero-order valence-corrected chi connectivity index (χ0v) is 15.6. The molecule has 3 atom stereocenters. The van der Waals surface area contributed by atoms with E-state index >= 15 is 0 Å². The van der Waals surface area contributed by atoms with Crippen LogP contribution in [0.15, 0.2) is 14.3 Å². The number of rotatable bonds is 4. The number of likely N-dealkylation sites (tertiary alicyclic amines) is 1. The molecule has 108 valence electrons. The summed E-state index contributed by atoms with van der Waals surface area (Å²) in [5.74, 6) is 0.691. The summed E-state index contributed by atoms with van der Waals surface area (Å²) in [7, 11) is 4.33. The maximum Gasteiger partial charge on any atom is 0.0843 e. The second kappa shape index (κ2) is 6.54. The van der Waals surface area contributed by atoms with Crippen molar-refractivity contribution in [3.05, 3.63) is 19.2 Å². The van der Waals surface area contributed by atoms with Crippen molar-refractivity contribution >= 4 is 43.2 Å². The molecule has 1 aliphatic heterocycles. The van der Waals surface area contributed by atoms with Crippen LogP contribution in [0.5, 0.6) is 0 Å². The molecule has 0 spiro atoms. The lowest BCUT2D eigenvalue weighted by atomic mass is 10.1. The topological polar surface area (TPSA) is 32.5 Å². The van der Waals surface area contributed by atoms with Crippen molar-refractivity contribution in [2.75, 3.05) is 33.7 Å². The molecule has 1 aliphatic rings. The van der Waals surface area contributed by atoms with E-state index in [1.807, 2.05) is 0 Å². The Morgan fingerprint density at radius 2 is 2.16 bits per heavy atom. The van der Waals surface area contributed by atoms with E-state index in [0.29, 0.717) is 24.5 Å². The van der Waals surface area contributed by atoms with Crippen LogP contribution in [0.1, 0.15) is 17.8 Å². The quantitative estimate of drug-likeness (QED) is 0.827. The number of nitrogens with zero attached hydrogens (tertiary/aromatic N) is 2. The molecule has 3 unspecified atom stereocenters. The summed E-state index contributed by atoms with van der Waals surface area (Å²) in [4.78, 5) is 6.20. The number of hydrogen-bond acceptors (Lipinski definition) is 4. The van der Waals surface area contributed by atoms with Crippen LogP contribution in [0.25, 0.3) is 0 Å². The molecule has 2 rings (SSSR count). The van der Waals surface area contributed by atoms with Crippen LogP contribution in [-0.2, 0) is 0 Å². The summed E-state index contributed by atoms with van der Waals surface area (Å²) in [6, 6.07) is 3.15. The highest BCUT2D eigenvalue weighted by molar-refractivity contribution is 9.13. The summed E-state index contributed by atoms with van der Waals surface area (Å²) in [6.45, 7) is 5.23. The first-order chi connectivity index (χ1) is 8.93. The van der Waals surface area contributed by atoms with Crippen LogP contribution in [-0.4, -0.2) is 49.6 Å². The lowest BCUT2D eigenvalue weighted by Crippen LogP contribution is -2.36. The molecule has 0 amide bonds. The van der Waals surface area contributed by atoms with Gasteiger partial charge in [-0.2, -0.15) is 0 Å². The molecule has 1 aromatic heterocycles. The van der Waals surface area contributed by atoms with E-state index < -0.39 is 0 Å². The monoisotopic (exact) mass is 409 g/mol. The molecule has 0 aliphatic carbocycles. The number of thiophene rings is 1. The minimum atomic E-state index is 0.333. The third-order valence-electron chi connectivity index (χ3n) is 3.92. The van der Waals surface area contributed by atoms with Crippen LogP contribution in [0, 0.1) is 5.92 Å². The number of nitrogens with two attached hydrogens (primary N) is 1. The predicted molar refractivity (Wildman–Crippen MR) is 89.7 cm³/mol. The fraction of sp³-hybridized carbons (Fsp3) is 0.692. The zero-order chi connectivity index (χ0) is 14.2. The van der Waals surface area contributed by atoms with Gasteiger partial charge in [0.15, 0.2) is 0 Å². The van der Waals surface area contributed by atoms with E-state index in [0.717, 1.165) is 21.3 Å². The molecular weight excluding hydrogens is 390 g/mol. The van der Waals surface area contributed by atoms with Crippen LogP contribution >= 0.6 is 43.2 Å². The molecule has 2 N–H and O–H groups in total. The van der Waals surface area contributed by atoms with Gasteiger partial charge in [-0.3, -0.25) is 4.90 Å². The lowest BCUT2D eigenvalue weighted by Gasteiger charge is -2.27. The number of likely N-dealkylation sites (N-methyl/N-ethyl adjacent to an activating group) is 1. The molecule has 0 saturated carbocycles. The van der Waals surface area contributed by atoms with Gasteiger partial charge in [0, 0.05) is 35.0 Å². The number of halogens is 2. The summed E-state index contributed by atoms with van der Waals surface area (Å²) >= 11 is 8.92. The normalized spacial score (nSPS) is 26.3. The first-order valence-electron chi connectivity index (χ1n) is 6.49. The molecule has 0 aromatic carbocycles. The van der Waals surface area contributed by atoms with Gasteiger partial charge in [0.25, 0.3) is 0 Å². The lowest BCUT2D eigenvalue weighted by molar-refractivity contribution is 0.221. The van der Waals surface area contributed by atoms with Gasteiger partial charge in [-0.1, -0.05) is 6.92 Å². The van der Waals surface area contributed by atoms with Gasteiger partial charge in [0.05, 0.1) is 9.83 Å². The average molecular weight is 411 g/mol. The van der Waals surface area contributed by atoms with Gasteiger partial charge >= 0.3 is 0 Å². The van der Waals surface area contributed by atoms with Gasteiger partial charge in [-0.15, -0.1) is 11.3 Å². The highest BCUT2D eigenvalue weighted by atomic mass is 79.9. The van der Waals surface area contributed by atoms with E-state index in [2.05, 4.69) is 68.7 Å². The predicted octanol–water partition coefficient (Wildman–Crippen LogP) is 3.15. The second-order valence-corrected chi connectivity index (χ2v) is 8.74. The van der Waals surface area contributed by atoms with Crippen LogP contribution in [0.3, 0.4) is 0 Å². The summed E-state index contributed by atoms with van der Waals surface area (Å²) in [5, 5.41) is 0. The van der Waals surface area contributed by atoms with Crippen molar-refractivity contribution in [1.29, 1.82) is 0 Å². The molecule has 1 aromatic rings. The van der Waals surface area contributed by atoms with Gasteiger partial charge < -0.3 is 10.6 Å². The van der Waals surface area contributed by atoms with Crippen molar-refractivity contribution in [3.8, 4) is 0 Å². The van der Waals surface area contributed by atoms with Crippen molar-refractivity contribution in [3.63, 3.8) is 0 Å². The summed E-state index contributed by atoms with van der Waals surface area (Å²) in [5.41, 5.74) is 6.03. The Labute approximate surface area is 136 Å². The summed E-state index contributed by atoms with van der Waals surface area (Å²) < 4.78 is 2.28. The minimum Gasteiger partial charge on any atom is -0.329 e. The Hall–Kier alpha value is 0.540. The Morgan fingerprint density at radius 3 is 2.58 bits per heavy atom. The SMILES string of the molecule is CC1CN(C(CN)c2cc(Br)c(Br)s2)CC1N(C)C. The largest absolute Gasteiger partial charge is 0.329 e. The molecular formula is C13H21Br2N3S. The van der Waals surface area contributed by atoms with Gasteiger partial charge in [-0.05, 0) is 57.9 Å². The highest BCUT2D eigenvalue weighted by Crippen LogP contribution is 2.38. The molecule has 0 bridgehead atoms. The minimum absolute atomic E-state index is 0.333. The first-order valence-corrected chi connectivity index (χ1v) is 8.89. The second-order valence-electron chi connectivity index (χ2n) is 5.48. The van der Waals surface area contributed by atoms with Crippen LogP contribution < -0.4 is 5.73 Å². The Bertz CT molecular complexity index is 416. The summed E-state index contributed by atoms with van der Waals surface area (Å²) in [6.07, 6.45) is 0. The van der Waals surface area contributed by atoms with E-state index in [-0.39, 0.29) is 0 Å². The van der Waals surface area contributed by atoms with Gasteiger partial charge in [0.2, 0.25) is 0 Å². The van der Waals surface area contributed by atoms with Crippen molar-refractivity contribution < 1.29 is 0 Å². The molecule has 3 nitrogen and oxygen atoms in total. The van der Waals surface area contributed by atoms with E-state index in [1.165, 1.54) is 4.88 Å². The molecule has 6 heteroatoms. The highest BCUT2D eigenvalue weighted by Gasteiger charge is 2.35. The van der Waals surface area contributed by atoms with Crippen molar-refractivity contribution in [2.24, 2.45) is 11.7 Å². The van der Waals surface area contributed by atoms with E-state index in [1.54, 1.807) is 11.3 Å².